The monoisotopic (exact) mass is 322 g/mol. The van der Waals surface area contributed by atoms with E-state index in [9.17, 15) is 4.79 Å². The Morgan fingerprint density at radius 3 is 3.04 bits per heavy atom. The summed E-state index contributed by atoms with van der Waals surface area (Å²) in [4.78, 5) is 12.2. The third-order valence-corrected chi connectivity index (χ3v) is 4.84. The van der Waals surface area contributed by atoms with Gasteiger partial charge in [-0.3, -0.25) is 9.48 Å². The van der Waals surface area contributed by atoms with Gasteiger partial charge in [-0.1, -0.05) is 18.2 Å². The van der Waals surface area contributed by atoms with E-state index in [1.54, 1.807) is 4.68 Å². The number of fused-ring (bicyclic) bond motifs is 1. The molecule has 1 fully saturated rings. The summed E-state index contributed by atoms with van der Waals surface area (Å²) in [6.45, 7) is 1.64. The molecule has 2 aromatic heterocycles. The van der Waals surface area contributed by atoms with E-state index in [-0.39, 0.29) is 11.8 Å². The molecular formula is C19H22N4O. The molecule has 0 spiro atoms. The lowest BCUT2D eigenvalue weighted by Gasteiger charge is -2.07. The molecule has 0 aliphatic heterocycles. The van der Waals surface area contributed by atoms with Crippen LogP contribution in [0.4, 0.5) is 0 Å². The molecule has 1 amide bonds. The number of rotatable bonds is 6. The number of carbonyl (C=O) groups is 1. The minimum absolute atomic E-state index is 0.126. The van der Waals surface area contributed by atoms with Gasteiger partial charge in [0.1, 0.15) is 0 Å². The zero-order valence-corrected chi connectivity index (χ0v) is 13.9. The van der Waals surface area contributed by atoms with Crippen molar-refractivity contribution in [3.05, 3.63) is 54.5 Å². The van der Waals surface area contributed by atoms with Crippen molar-refractivity contribution in [2.45, 2.75) is 25.3 Å². The van der Waals surface area contributed by atoms with Crippen molar-refractivity contribution >= 4 is 16.8 Å². The van der Waals surface area contributed by atoms with Crippen LogP contribution in [-0.4, -0.2) is 26.8 Å². The summed E-state index contributed by atoms with van der Waals surface area (Å²) >= 11 is 0. The maximum Gasteiger partial charge on any atom is 0.223 e. The molecule has 2 atom stereocenters. The molecule has 0 bridgehead atoms. The summed E-state index contributed by atoms with van der Waals surface area (Å²) in [7, 11) is 1.91. The minimum Gasteiger partial charge on any atom is -0.356 e. The second-order valence-corrected chi connectivity index (χ2v) is 6.61. The van der Waals surface area contributed by atoms with Crippen LogP contribution in [0.3, 0.4) is 0 Å². The van der Waals surface area contributed by atoms with Crippen LogP contribution in [0.15, 0.2) is 48.9 Å². The molecule has 1 saturated carbocycles. The first-order valence-corrected chi connectivity index (χ1v) is 8.52. The Bertz CT molecular complexity index is 863. The zero-order valence-electron chi connectivity index (χ0n) is 13.9. The quantitative estimate of drug-likeness (QED) is 0.709. The molecular weight excluding hydrogens is 300 g/mol. The van der Waals surface area contributed by atoms with Crippen LogP contribution in [0.1, 0.15) is 24.3 Å². The van der Waals surface area contributed by atoms with Gasteiger partial charge in [0.2, 0.25) is 5.91 Å². The fraction of sp³-hybridized carbons (Fsp3) is 0.368. The molecule has 5 nitrogen and oxygen atoms in total. The van der Waals surface area contributed by atoms with Gasteiger partial charge in [0.25, 0.3) is 0 Å². The van der Waals surface area contributed by atoms with Crippen LogP contribution in [0.25, 0.3) is 10.9 Å². The molecule has 5 heteroatoms. The number of aromatic nitrogens is 3. The SMILES string of the molecule is Cn1cc(C2CC2C(=O)NCCCn2ccc3ccccc32)cn1. The van der Waals surface area contributed by atoms with E-state index in [0.717, 1.165) is 25.9 Å². The largest absolute Gasteiger partial charge is 0.356 e. The average Bonchev–Trinajstić information content (AvgIpc) is 3.11. The Morgan fingerprint density at radius 2 is 2.21 bits per heavy atom. The van der Waals surface area contributed by atoms with Crippen LogP contribution in [0, 0.1) is 5.92 Å². The lowest BCUT2D eigenvalue weighted by atomic mass is 10.2. The highest BCUT2D eigenvalue weighted by Gasteiger charge is 2.44. The first-order valence-electron chi connectivity index (χ1n) is 8.52. The third-order valence-electron chi connectivity index (χ3n) is 4.84. The number of amides is 1. The van der Waals surface area contributed by atoms with Crippen LogP contribution in [-0.2, 0) is 18.4 Å². The first kappa shape index (κ1) is 15.0. The van der Waals surface area contributed by atoms with Crippen molar-refractivity contribution in [1.82, 2.24) is 19.7 Å². The molecule has 4 rings (SSSR count). The second kappa shape index (κ2) is 6.15. The van der Waals surface area contributed by atoms with Gasteiger partial charge >= 0.3 is 0 Å². The number of hydrogen-bond donors (Lipinski definition) is 1. The number of nitrogens with zero attached hydrogens (tertiary/aromatic N) is 3. The molecule has 24 heavy (non-hydrogen) atoms. The van der Waals surface area contributed by atoms with E-state index in [0.29, 0.717) is 5.92 Å². The number of nitrogens with one attached hydrogen (secondary N) is 1. The van der Waals surface area contributed by atoms with Gasteiger partial charge in [0.05, 0.1) is 6.20 Å². The van der Waals surface area contributed by atoms with Gasteiger partial charge in [-0.05, 0) is 41.8 Å². The Balaban J connectivity index is 1.24. The summed E-state index contributed by atoms with van der Waals surface area (Å²) in [5, 5.41) is 8.53. The predicted molar refractivity (Wildman–Crippen MR) is 93.6 cm³/mol. The zero-order chi connectivity index (χ0) is 16.5. The van der Waals surface area contributed by atoms with E-state index >= 15 is 0 Å². The van der Waals surface area contributed by atoms with Crippen molar-refractivity contribution in [3.63, 3.8) is 0 Å². The highest BCUT2D eigenvalue weighted by atomic mass is 16.2. The normalized spacial score (nSPS) is 19.5. The minimum atomic E-state index is 0.126. The maximum absolute atomic E-state index is 12.2. The molecule has 124 valence electrons. The van der Waals surface area contributed by atoms with Gasteiger partial charge in [-0.15, -0.1) is 0 Å². The van der Waals surface area contributed by atoms with Crippen molar-refractivity contribution in [2.75, 3.05) is 6.54 Å². The number of benzene rings is 1. The standard InChI is InChI=1S/C19H22N4O/c1-22-13-15(12-21-22)16-11-17(16)19(24)20-8-4-9-23-10-7-14-5-2-3-6-18(14)23/h2-3,5-7,10,12-13,16-17H,4,8-9,11H2,1H3,(H,20,24). The van der Waals surface area contributed by atoms with Crippen molar-refractivity contribution in [1.29, 1.82) is 0 Å². The van der Waals surface area contributed by atoms with Crippen LogP contribution < -0.4 is 5.32 Å². The van der Waals surface area contributed by atoms with Crippen LogP contribution >= 0.6 is 0 Å². The Labute approximate surface area is 141 Å². The van der Waals surface area contributed by atoms with Gasteiger partial charge < -0.3 is 9.88 Å². The van der Waals surface area contributed by atoms with Gasteiger partial charge in [-0.2, -0.15) is 5.10 Å². The maximum atomic E-state index is 12.2. The Kier molecular flexibility index (Phi) is 3.84. The Hall–Kier alpha value is -2.56. The lowest BCUT2D eigenvalue weighted by molar-refractivity contribution is -0.122. The number of hydrogen-bond acceptors (Lipinski definition) is 2. The molecule has 0 saturated heterocycles. The van der Waals surface area contributed by atoms with Crippen LogP contribution in [0.2, 0.25) is 0 Å². The lowest BCUT2D eigenvalue weighted by Crippen LogP contribution is -2.27. The predicted octanol–water partition coefficient (Wildman–Crippen LogP) is 2.68. The molecule has 1 aliphatic carbocycles. The summed E-state index contributed by atoms with van der Waals surface area (Å²) in [6.07, 6.45) is 7.88. The van der Waals surface area contributed by atoms with Crippen molar-refractivity contribution in [2.24, 2.45) is 13.0 Å². The summed E-state index contributed by atoms with van der Waals surface area (Å²) in [6, 6.07) is 10.5. The van der Waals surface area contributed by atoms with Crippen LogP contribution in [0.5, 0.6) is 0 Å². The van der Waals surface area contributed by atoms with E-state index in [1.165, 1.54) is 16.5 Å². The van der Waals surface area contributed by atoms with Crippen molar-refractivity contribution < 1.29 is 4.79 Å². The van der Waals surface area contributed by atoms with E-state index in [2.05, 4.69) is 51.5 Å². The highest BCUT2D eigenvalue weighted by molar-refractivity contribution is 5.82. The van der Waals surface area contributed by atoms with E-state index in [4.69, 9.17) is 0 Å². The highest BCUT2D eigenvalue weighted by Crippen LogP contribution is 2.47. The summed E-state index contributed by atoms with van der Waals surface area (Å²) in [5.41, 5.74) is 2.43. The molecule has 1 aromatic carbocycles. The fourth-order valence-corrected chi connectivity index (χ4v) is 3.41. The number of para-hydroxylation sites is 1. The molecule has 2 unspecified atom stereocenters. The van der Waals surface area contributed by atoms with E-state index < -0.39 is 0 Å². The van der Waals surface area contributed by atoms with Gasteiger partial charge in [0.15, 0.2) is 0 Å². The topological polar surface area (TPSA) is 51.9 Å². The molecule has 1 aliphatic rings. The Morgan fingerprint density at radius 1 is 1.33 bits per heavy atom. The summed E-state index contributed by atoms with van der Waals surface area (Å²) < 4.78 is 4.04. The van der Waals surface area contributed by atoms with Gasteiger partial charge in [-0.25, -0.2) is 0 Å². The fourth-order valence-electron chi connectivity index (χ4n) is 3.41. The second-order valence-electron chi connectivity index (χ2n) is 6.61. The average molecular weight is 322 g/mol. The smallest absolute Gasteiger partial charge is 0.223 e. The number of aryl methyl sites for hydroxylation is 2. The molecule has 0 radical (unpaired) electrons. The summed E-state index contributed by atoms with van der Waals surface area (Å²) in [5.74, 6) is 0.662. The molecule has 1 N–H and O–H groups in total. The number of carbonyl (C=O) groups excluding carboxylic acids is 1. The van der Waals surface area contributed by atoms with Crippen molar-refractivity contribution in [3.8, 4) is 0 Å². The van der Waals surface area contributed by atoms with Gasteiger partial charge in [0, 0.05) is 44.0 Å². The first-order chi connectivity index (χ1) is 11.7. The third kappa shape index (κ3) is 2.94. The molecule has 3 aromatic rings. The molecule has 2 heterocycles. The van der Waals surface area contributed by atoms with E-state index in [1.807, 2.05) is 19.4 Å².